The van der Waals surface area contributed by atoms with Crippen LogP contribution in [0.1, 0.15) is 30.6 Å². The van der Waals surface area contributed by atoms with E-state index in [2.05, 4.69) is 45.9 Å². The third-order valence-electron chi connectivity index (χ3n) is 4.38. The van der Waals surface area contributed by atoms with Gasteiger partial charge in [0.15, 0.2) is 11.8 Å². The summed E-state index contributed by atoms with van der Waals surface area (Å²) in [7, 11) is 4.02. The number of aryl methyl sites for hydroxylation is 1. The Balaban J connectivity index is 0.00000420. The predicted molar refractivity (Wildman–Crippen MR) is 132 cm³/mol. The van der Waals surface area contributed by atoms with Crippen molar-refractivity contribution in [3.63, 3.8) is 0 Å². The zero-order valence-corrected chi connectivity index (χ0v) is 21.2. The molecule has 1 N–H and O–H groups in total. The molecule has 7 nitrogen and oxygen atoms in total. The summed E-state index contributed by atoms with van der Waals surface area (Å²) in [6.07, 6.45) is 3.23. The lowest BCUT2D eigenvalue weighted by atomic mass is 10.2. The second kappa shape index (κ2) is 13.7. The van der Waals surface area contributed by atoms with Gasteiger partial charge in [-0.1, -0.05) is 12.1 Å². The third kappa shape index (κ3) is 8.41. The number of aromatic nitrogens is 3. The molecule has 0 amide bonds. The Bertz CT molecular complexity index is 750. The Morgan fingerprint density at radius 3 is 2.59 bits per heavy atom. The zero-order chi connectivity index (χ0) is 20.4. The Morgan fingerprint density at radius 1 is 1.28 bits per heavy atom. The molecule has 29 heavy (non-hydrogen) atoms. The number of guanidine groups is 1. The molecule has 0 atom stereocenters. The van der Waals surface area contributed by atoms with Crippen LogP contribution in [0.4, 0.5) is 0 Å². The first-order valence-electron chi connectivity index (χ1n) is 9.60. The van der Waals surface area contributed by atoms with Crippen molar-refractivity contribution in [3.05, 3.63) is 41.5 Å². The molecular weight excluding hydrogens is 499 g/mol. The first kappa shape index (κ1) is 25.5. The predicted octanol–water partition coefficient (Wildman–Crippen LogP) is 3.47. The van der Waals surface area contributed by atoms with Crippen LogP contribution in [0, 0.1) is 6.92 Å². The maximum atomic E-state index is 5.52. The summed E-state index contributed by atoms with van der Waals surface area (Å²) in [5, 5.41) is 11.8. The summed E-state index contributed by atoms with van der Waals surface area (Å²) in [5.74, 6) is 4.65. The average Bonchev–Trinajstić information content (AvgIpc) is 3.01. The zero-order valence-electron chi connectivity index (χ0n) is 18.0. The molecule has 162 valence electrons. The summed E-state index contributed by atoms with van der Waals surface area (Å²) >= 11 is 1.86. The number of benzene rings is 1. The summed E-state index contributed by atoms with van der Waals surface area (Å²) in [6, 6.07) is 8.22. The largest absolute Gasteiger partial charge is 0.494 e. The maximum Gasteiger partial charge on any atom is 0.194 e. The number of thioether (sulfide) groups is 1. The van der Waals surface area contributed by atoms with E-state index in [9.17, 15) is 0 Å². The van der Waals surface area contributed by atoms with Gasteiger partial charge in [-0.15, -0.1) is 34.2 Å². The first-order chi connectivity index (χ1) is 13.5. The summed E-state index contributed by atoms with van der Waals surface area (Å²) in [5.41, 5.74) is 1.21. The molecule has 0 unspecified atom stereocenters. The van der Waals surface area contributed by atoms with Gasteiger partial charge in [-0.3, -0.25) is 0 Å². The second-order valence-electron chi connectivity index (χ2n) is 6.57. The van der Waals surface area contributed by atoms with Crippen LogP contribution in [0.2, 0.25) is 0 Å². The molecule has 0 saturated heterocycles. The minimum Gasteiger partial charge on any atom is -0.494 e. The number of halogens is 1. The highest BCUT2D eigenvalue weighted by molar-refractivity contribution is 14.0. The van der Waals surface area contributed by atoms with Crippen LogP contribution < -0.4 is 10.1 Å². The van der Waals surface area contributed by atoms with Crippen molar-refractivity contribution in [2.45, 2.75) is 33.4 Å². The molecule has 0 bridgehead atoms. The van der Waals surface area contributed by atoms with Crippen molar-refractivity contribution in [2.75, 3.05) is 32.2 Å². The van der Waals surface area contributed by atoms with Gasteiger partial charge in [0, 0.05) is 27.2 Å². The van der Waals surface area contributed by atoms with Crippen LogP contribution in [-0.4, -0.2) is 57.8 Å². The minimum atomic E-state index is 0. The molecule has 2 aromatic rings. The van der Waals surface area contributed by atoms with Crippen LogP contribution in [0.3, 0.4) is 0 Å². The molecule has 0 saturated carbocycles. The molecule has 9 heteroatoms. The van der Waals surface area contributed by atoms with E-state index in [1.165, 1.54) is 5.56 Å². The van der Waals surface area contributed by atoms with E-state index in [1.807, 2.05) is 49.4 Å². The van der Waals surface area contributed by atoms with Crippen LogP contribution in [0.5, 0.6) is 5.75 Å². The molecule has 0 fully saturated rings. The van der Waals surface area contributed by atoms with Crippen LogP contribution in [0.15, 0.2) is 29.3 Å². The van der Waals surface area contributed by atoms with Gasteiger partial charge in [-0.05, 0) is 50.0 Å². The van der Waals surface area contributed by atoms with Crippen molar-refractivity contribution in [3.8, 4) is 5.75 Å². The summed E-state index contributed by atoms with van der Waals surface area (Å²) in [4.78, 5) is 6.92. The van der Waals surface area contributed by atoms with E-state index in [1.54, 1.807) is 0 Å². The van der Waals surface area contributed by atoms with Gasteiger partial charge in [0.2, 0.25) is 0 Å². The van der Waals surface area contributed by atoms with E-state index in [0.29, 0.717) is 13.2 Å². The number of hydrogen-bond acceptors (Lipinski definition) is 5. The molecule has 0 aliphatic carbocycles. The number of ether oxygens (including phenoxy) is 1. The normalized spacial score (nSPS) is 11.1. The Kier molecular flexibility index (Phi) is 12.1. The van der Waals surface area contributed by atoms with Gasteiger partial charge in [-0.2, -0.15) is 11.8 Å². The monoisotopic (exact) mass is 532 g/mol. The van der Waals surface area contributed by atoms with E-state index in [4.69, 9.17) is 9.73 Å². The van der Waals surface area contributed by atoms with Crippen LogP contribution in [-0.2, 0) is 20.1 Å². The average molecular weight is 532 g/mol. The quantitative estimate of drug-likeness (QED) is 0.219. The van der Waals surface area contributed by atoms with Gasteiger partial charge in [0.1, 0.15) is 18.1 Å². The number of nitrogens with zero attached hydrogens (tertiary/aromatic N) is 5. The van der Waals surface area contributed by atoms with Gasteiger partial charge in [0.05, 0.1) is 6.61 Å². The van der Waals surface area contributed by atoms with E-state index in [-0.39, 0.29) is 24.0 Å². The fraction of sp³-hybridized carbons (Fsp3) is 0.550. The van der Waals surface area contributed by atoms with Crippen LogP contribution >= 0.6 is 35.7 Å². The molecule has 0 aliphatic rings. The van der Waals surface area contributed by atoms with E-state index < -0.39 is 0 Å². The highest BCUT2D eigenvalue weighted by Crippen LogP contribution is 2.13. The number of rotatable bonds is 10. The third-order valence-corrected chi connectivity index (χ3v) is 5.07. The maximum absolute atomic E-state index is 5.52. The highest BCUT2D eigenvalue weighted by Gasteiger charge is 2.10. The first-order valence-corrected chi connectivity index (χ1v) is 11.0. The molecule has 0 spiro atoms. The lowest BCUT2D eigenvalue weighted by Gasteiger charge is -2.23. The second-order valence-corrected chi connectivity index (χ2v) is 7.55. The molecule has 0 aliphatic heterocycles. The topological polar surface area (TPSA) is 67.6 Å². The summed E-state index contributed by atoms with van der Waals surface area (Å²) < 4.78 is 7.50. The summed E-state index contributed by atoms with van der Waals surface area (Å²) in [6.45, 7) is 6.77. The van der Waals surface area contributed by atoms with Crippen molar-refractivity contribution in [1.82, 2.24) is 25.0 Å². The van der Waals surface area contributed by atoms with Crippen molar-refractivity contribution < 1.29 is 4.74 Å². The molecule has 1 aromatic carbocycles. The standard InChI is InChI=1S/C20H32N6OS.HI/c1-6-27-18-10-8-17(9-11-18)15-25(3)20(21-12-7-13-28-5)22-14-19-24-23-16(2)26(19)4;/h8-11H,6-7,12-15H2,1-5H3,(H,21,22);1H. The molecule has 0 radical (unpaired) electrons. The fourth-order valence-electron chi connectivity index (χ4n) is 2.67. The van der Waals surface area contributed by atoms with Crippen molar-refractivity contribution in [1.29, 1.82) is 0 Å². The Morgan fingerprint density at radius 2 is 2.00 bits per heavy atom. The molecule has 1 heterocycles. The van der Waals surface area contributed by atoms with Gasteiger partial charge < -0.3 is 19.5 Å². The van der Waals surface area contributed by atoms with Gasteiger partial charge in [-0.25, -0.2) is 4.99 Å². The van der Waals surface area contributed by atoms with Gasteiger partial charge >= 0.3 is 0 Å². The van der Waals surface area contributed by atoms with Crippen LogP contribution in [0.25, 0.3) is 0 Å². The fourth-order valence-corrected chi connectivity index (χ4v) is 3.10. The van der Waals surface area contributed by atoms with E-state index >= 15 is 0 Å². The Hall–Kier alpha value is -1.49. The number of aliphatic imine (C=N–C) groups is 1. The SMILES string of the molecule is CCOc1ccc(CN(C)C(=NCc2nnc(C)n2C)NCCCSC)cc1.I. The smallest absolute Gasteiger partial charge is 0.194 e. The number of nitrogens with one attached hydrogen (secondary N) is 1. The van der Waals surface area contributed by atoms with E-state index in [0.717, 1.165) is 48.6 Å². The number of hydrogen-bond donors (Lipinski definition) is 1. The van der Waals surface area contributed by atoms with Crippen molar-refractivity contribution in [2.24, 2.45) is 12.0 Å². The van der Waals surface area contributed by atoms with Crippen molar-refractivity contribution >= 4 is 41.7 Å². The van der Waals surface area contributed by atoms with Gasteiger partial charge in [0.25, 0.3) is 0 Å². The lowest BCUT2D eigenvalue weighted by Crippen LogP contribution is -2.39. The molecule has 2 rings (SSSR count). The highest BCUT2D eigenvalue weighted by atomic mass is 127. The molecule has 1 aromatic heterocycles. The lowest BCUT2D eigenvalue weighted by molar-refractivity contribution is 0.340. The molecular formula is C20H33IN6OS. The Labute approximate surface area is 195 Å². The minimum absolute atomic E-state index is 0.